The quantitative estimate of drug-likeness (QED) is 0.320. The normalized spacial score (nSPS) is 13.9. The second-order valence-electron chi connectivity index (χ2n) is 7.62. The highest BCUT2D eigenvalue weighted by Gasteiger charge is 2.45. The Morgan fingerprint density at radius 1 is 0.679 bits per heavy atom. The van der Waals surface area contributed by atoms with Crippen LogP contribution in [0.3, 0.4) is 0 Å². The monoisotopic (exact) mass is 437 g/mol. The van der Waals surface area contributed by atoms with E-state index in [2.05, 4.69) is 56.8 Å². The van der Waals surface area contributed by atoms with Crippen molar-refractivity contribution in [1.29, 1.82) is 0 Å². The summed E-state index contributed by atoms with van der Waals surface area (Å²) < 4.78 is 0. The third-order valence-corrected chi connectivity index (χ3v) is 10.8. The van der Waals surface area contributed by atoms with Gasteiger partial charge in [-0.05, 0) is 49.7 Å². The molecule has 2 aliphatic heterocycles. The minimum absolute atomic E-state index is 0.319. The van der Waals surface area contributed by atoms with Gasteiger partial charge >= 0.3 is 6.85 Å². The third kappa shape index (κ3) is 2.23. The van der Waals surface area contributed by atoms with Gasteiger partial charge in [-0.1, -0.05) is 26.0 Å². The molecule has 2 aliphatic rings. The van der Waals surface area contributed by atoms with Gasteiger partial charge < -0.3 is 4.81 Å². The van der Waals surface area contributed by atoms with Crippen molar-refractivity contribution in [3.05, 3.63) is 43.8 Å². The summed E-state index contributed by atoms with van der Waals surface area (Å²) in [5.41, 5.74) is 5.87. The van der Waals surface area contributed by atoms with E-state index in [0.29, 0.717) is 6.85 Å². The number of anilines is 2. The maximum Gasteiger partial charge on any atom is 0.331 e. The minimum Gasteiger partial charge on any atom is -0.374 e. The molecule has 1 nitrogen and oxygen atoms in total. The van der Waals surface area contributed by atoms with E-state index < -0.39 is 0 Å². The number of thiophene rings is 4. The molecule has 28 heavy (non-hydrogen) atoms. The maximum atomic E-state index is 2.66. The highest BCUT2D eigenvalue weighted by atomic mass is 32.1. The molecule has 0 bridgehead atoms. The zero-order chi connectivity index (χ0) is 19.2. The first-order valence-corrected chi connectivity index (χ1v) is 13.1. The largest absolute Gasteiger partial charge is 0.374 e. The van der Waals surface area contributed by atoms with Gasteiger partial charge in [0.1, 0.15) is 0 Å². The van der Waals surface area contributed by atoms with Gasteiger partial charge in [-0.25, -0.2) is 0 Å². The number of rotatable bonds is 2. The number of hydrogen-bond donors (Lipinski definition) is 0. The summed E-state index contributed by atoms with van der Waals surface area (Å²) in [5.74, 6) is 0. The molecule has 0 saturated carbocycles. The molecule has 6 rings (SSSR count). The number of nitrogens with zero attached hydrogens (tertiary/aromatic N) is 1. The smallest absolute Gasteiger partial charge is 0.331 e. The molecule has 0 amide bonds. The summed E-state index contributed by atoms with van der Waals surface area (Å²) >= 11 is 7.94. The Labute approximate surface area is 182 Å². The van der Waals surface area contributed by atoms with Crippen molar-refractivity contribution in [1.82, 2.24) is 0 Å². The van der Waals surface area contributed by atoms with E-state index in [1.807, 2.05) is 45.3 Å². The van der Waals surface area contributed by atoms with E-state index in [1.54, 1.807) is 0 Å². The molecule has 0 atom stereocenters. The van der Waals surface area contributed by atoms with Gasteiger partial charge in [-0.2, -0.15) is 0 Å². The van der Waals surface area contributed by atoms with Crippen LogP contribution in [0, 0.1) is 13.8 Å². The molecule has 0 N–H and O–H groups in total. The van der Waals surface area contributed by atoms with Crippen molar-refractivity contribution in [2.45, 2.75) is 40.5 Å². The van der Waals surface area contributed by atoms with Crippen LogP contribution in [0.1, 0.15) is 33.4 Å². The van der Waals surface area contributed by atoms with Crippen LogP contribution in [-0.4, -0.2) is 6.85 Å². The van der Waals surface area contributed by atoms with Crippen LogP contribution in [-0.2, 0) is 12.8 Å². The van der Waals surface area contributed by atoms with Crippen LogP contribution in [0.2, 0.25) is 0 Å². The Morgan fingerprint density at radius 2 is 1.21 bits per heavy atom. The Morgan fingerprint density at radius 3 is 2.00 bits per heavy atom. The van der Waals surface area contributed by atoms with Crippen LogP contribution < -0.4 is 15.7 Å². The predicted molar refractivity (Wildman–Crippen MR) is 131 cm³/mol. The topological polar surface area (TPSA) is 3.24 Å². The summed E-state index contributed by atoms with van der Waals surface area (Å²) in [6, 6.07) is 9.81. The van der Waals surface area contributed by atoms with E-state index in [0.717, 1.165) is 12.8 Å². The molecular formula is C22H20BNS4. The lowest BCUT2D eigenvalue weighted by Crippen LogP contribution is -2.58. The number of aryl methyl sites for hydroxylation is 4. The Hall–Kier alpha value is -1.34. The summed E-state index contributed by atoms with van der Waals surface area (Å²) in [4.78, 5) is 14.4. The summed E-state index contributed by atoms with van der Waals surface area (Å²) in [7, 11) is 0. The fourth-order valence-electron chi connectivity index (χ4n) is 4.57. The standard InChI is InChI=1S/C22H20BNS4/c1-5-13-9-16-20(27-13)22-18(10-14(6-2)28-22)24-17-8-12(4)26-21(17)19-15(23(16)24)7-11(3)25-19/h7-10H,5-6H2,1-4H3. The van der Waals surface area contributed by atoms with Crippen molar-refractivity contribution >= 4 is 74.5 Å². The minimum atomic E-state index is 0.319. The summed E-state index contributed by atoms with van der Waals surface area (Å²) in [6.45, 7) is 9.38. The van der Waals surface area contributed by atoms with Gasteiger partial charge in [-0.15, -0.1) is 45.3 Å². The first-order chi connectivity index (χ1) is 13.6. The SMILES string of the molecule is CCc1cc2c(s1)-c1sc(CC)cc1N1B2c2cc(C)sc2-c2sc(C)cc21. The fraction of sp³-hybridized carbons (Fsp3) is 0.273. The second-order valence-corrected chi connectivity index (χ2v) is 12.4. The van der Waals surface area contributed by atoms with E-state index in [4.69, 9.17) is 0 Å². The van der Waals surface area contributed by atoms with Crippen LogP contribution >= 0.6 is 45.3 Å². The lowest BCUT2D eigenvalue weighted by atomic mass is 9.46. The number of fused-ring (bicyclic) bond motifs is 11. The van der Waals surface area contributed by atoms with Gasteiger partial charge in [-0.3, -0.25) is 0 Å². The number of hydrogen-bond acceptors (Lipinski definition) is 5. The predicted octanol–water partition coefficient (Wildman–Crippen LogP) is 6.58. The van der Waals surface area contributed by atoms with Gasteiger partial charge in [0.05, 0.1) is 9.75 Å². The molecule has 0 radical (unpaired) electrons. The Balaban J connectivity index is 1.72. The summed E-state index contributed by atoms with van der Waals surface area (Å²) in [5, 5.41) is 0. The van der Waals surface area contributed by atoms with Gasteiger partial charge in [0.25, 0.3) is 0 Å². The molecule has 0 fully saturated rings. The summed E-state index contributed by atoms with van der Waals surface area (Å²) in [6.07, 6.45) is 2.22. The average Bonchev–Trinajstić information content (AvgIpc) is 3.42. The lowest BCUT2D eigenvalue weighted by Gasteiger charge is -2.38. The lowest BCUT2D eigenvalue weighted by molar-refractivity contribution is 1.18. The first-order valence-electron chi connectivity index (χ1n) is 9.85. The van der Waals surface area contributed by atoms with E-state index in [9.17, 15) is 0 Å². The molecular weight excluding hydrogens is 417 g/mol. The van der Waals surface area contributed by atoms with Crippen molar-refractivity contribution in [2.24, 2.45) is 0 Å². The molecule has 0 spiro atoms. The third-order valence-electron chi connectivity index (χ3n) is 5.77. The molecule has 6 heterocycles. The fourth-order valence-corrected chi connectivity index (χ4v) is 9.16. The molecule has 4 aromatic heterocycles. The first kappa shape index (κ1) is 17.5. The van der Waals surface area contributed by atoms with Gasteiger partial charge in [0.2, 0.25) is 0 Å². The zero-order valence-corrected chi connectivity index (χ0v) is 19.6. The van der Waals surface area contributed by atoms with E-state index in [1.165, 1.54) is 61.3 Å². The van der Waals surface area contributed by atoms with Crippen LogP contribution in [0.15, 0.2) is 24.3 Å². The maximum absolute atomic E-state index is 2.66. The molecule has 0 aromatic carbocycles. The van der Waals surface area contributed by atoms with E-state index in [-0.39, 0.29) is 0 Å². The average molecular weight is 437 g/mol. The molecule has 4 aromatic rings. The highest BCUT2D eigenvalue weighted by Crippen LogP contribution is 2.53. The zero-order valence-electron chi connectivity index (χ0n) is 16.4. The van der Waals surface area contributed by atoms with Crippen molar-refractivity contribution in [3.8, 4) is 19.5 Å². The van der Waals surface area contributed by atoms with E-state index >= 15 is 0 Å². The molecule has 0 aliphatic carbocycles. The van der Waals surface area contributed by atoms with Crippen molar-refractivity contribution in [2.75, 3.05) is 4.81 Å². The molecule has 6 heteroatoms. The van der Waals surface area contributed by atoms with Crippen LogP contribution in [0.25, 0.3) is 19.5 Å². The van der Waals surface area contributed by atoms with Crippen molar-refractivity contribution < 1.29 is 0 Å². The molecule has 140 valence electrons. The molecule has 0 unspecified atom stereocenters. The van der Waals surface area contributed by atoms with Crippen LogP contribution in [0.5, 0.6) is 0 Å². The Kier molecular flexibility index (Phi) is 3.81. The van der Waals surface area contributed by atoms with Gasteiger partial charge in [0.15, 0.2) is 0 Å². The van der Waals surface area contributed by atoms with Crippen molar-refractivity contribution in [3.63, 3.8) is 0 Å². The molecule has 0 saturated heterocycles. The highest BCUT2D eigenvalue weighted by molar-refractivity contribution is 7.27. The van der Waals surface area contributed by atoms with Gasteiger partial charge in [0, 0.05) is 40.6 Å². The second kappa shape index (κ2) is 6.08. The Bertz CT molecular complexity index is 1140. The van der Waals surface area contributed by atoms with Crippen LogP contribution in [0.4, 0.5) is 11.4 Å².